The van der Waals surface area contributed by atoms with E-state index in [0.717, 1.165) is 4.88 Å². The van der Waals surface area contributed by atoms with Crippen molar-refractivity contribution in [1.29, 1.82) is 0 Å². The zero-order valence-corrected chi connectivity index (χ0v) is 15.2. The highest BCUT2D eigenvalue weighted by molar-refractivity contribution is 7.10. The number of thiophene rings is 1. The number of carbonyl (C=O) groups is 2. The van der Waals surface area contributed by atoms with Gasteiger partial charge in [0.05, 0.1) is 18.2 Å². The number of ketones is 1. The number of Topliss-reactive ketones (excluding diaryl/α,β-unsaturated/α-hetero) is 1. The SMILES string of the molecule is COC(CN1C(=O)C(=O)C(=C(O)c2ccccc2)C1c1cccs1)OC. The Morgan fingerprint density at radius 2 is 1.85 bits per heavy atom. The van der Waals surface area contributed by atoms with Crippen LogP contribution >= 0.6 is 11.3 Å². The summed E-state index contributed by atoms with van der Waals surface area (Å²) >= 11 is 1.41. The predicted octanol–water partition coefficient (Wildman–Crippen LogP) is 2.79. The second-order valence-corrected chi connectivity index (χ2v) is 6.71. The average molecular weight is 373 g/mol. The first-order valence-electron chi connectivity index (χ1n) is 8.01. The molecule has 1 aliphatic rings. The second-order valence-electron chi connectivity index (χ2n) is 5.73. The van der Waals surface area contributed by atoms with Crippen molar-refractivity contribution in [3.63, 3.8) is 0 Å². The van der Waals surface area contributed by atoms with Crippen LogP contribution in [-0.2, 0) is 19.1 Å². The largest absolute Gasteiger partial charge is 0.507 e. The van der Waals surface area contributed by atoms with Crippen molar-refractivity contribution in [1.82, 2.24) is 4.90 Å². The lowest BCUT2D eigenvalue weighted by atomic mass is 10.00. The van der Waals surface area contributed by atoms with E-state index in [9.17, 15) is 14.7 Å². The number of hydrogen-bond acceptors (Lipinski definition) is 6. The van der Waals surface area contributed by atoms with Crippen LogP contribution in [0.25, 0.3) is 5.76 Å². The van der Waals surface area contributed by atoms with E-state index in [1.807, 2.05) is 23.6 Å². The molecule has 2 aromatic rings. The number of rotatable bonds is 6. The molecule has 0 saturated carbocycles. The molecule has 136 valence electrons. The summed E-state index contributed by atoms with van der Waals surface area (Å²) < 4.78 is 10.4. The van der Waals surface area contributed by atoms with Crippen LogP contribution in [0.2, 0.25) is 0 Å². The number of nitrogens with zero attached hydrogens (tertiary/aromatic N) is 1. The molecule has 1 saturated heterocycles. The Bertz CT molecular complexity index is 812. The maximum absolute atomic E-state index is 12.7. The van der Waals surface area contributed by atoms with Gasteiger partial charge in [0, 0.05) is 24.7 Å². The molecule has 26 heavy (non-hydrogen) atoms. The molecule has 1 amide bonds. The highest BCUT2D eigenvalue weighted by atomic mass is 32.1. The summed E-state index contributed by atoms with van der Waals surface area (Å²) in [6.45, 7) is 0.0751. The Hall–Kier alpha value is -2.48. The van der Waals surface area contributed by atoms with E-state index in [2.05, 4.69) is 0 Å². The lowest BCUT2D eigenvalue weighted by molar-refractivity contribution is -0.149. The van der Waals surface area contributed by atoms with Gasteiger partial charge in [0.25, 0.3) is 11.7 Å². The molecule has 1 aliphatic heterocycles. The zero-order chi connectivity index (χ0) is 18.7. The number of hydrogen-bond donors (Lipinski definition) is 1. The maximum atomic E-state index is 12.7. The van der Waals surface area contributed by atoms with Gasteiger partial charge in [-0.1, -0.05) is 36.4 Å². The molecule has 0 aliphatic carbocycles. The number of methoxy groups -OCH3 is 2. The van der Waals surface area contributed by atoms with Crippen LogP contribution in [0.3, 0.4) is 0 Å². The number of aliphatic hydroxyl groups is 1. The molecule has 3 rings (SSSR count). The Morgan fingerprint density at radius 1 is 1.15 bits per heavy atom. The summed E-state index contributed by atoms with van der Waals surface area (Å²) in [5, 5.41) is 12.6. The molecule has 1 aromatic heterocycles. The number of aliphatic hydroxyl groups excluding tert-OH is 1. The predicted molar refractivity (Wildman–Crippen MR) is 97.6 cm³/mol. The number of amides is 1. The van der Waals surface area contributed by atoms with Crippen molar-refractivity contribution in [2.24, 2.45) is 0 Å². The van der Waals surface area contributed by atoms with Crippen LogP contribution in [0, 0.1) is 0 Å². The lowest BCUT2D eigenvalue weighted by Gasteiger charge is -2.27. The number of carbonyl (C=O) groups excluding carboxylic acids is 2. The zero-order valence-electron chi connectivity index (χ0n) is 14.4. The highest BCUT2D eigenvalue weighted by Gasteiger charge is 2.47. The first kappa shape index (κ1) is 18.3. The molecule has 0 bridgehead atoms. The minimum atomic E-state index is -0.712. The summed E-state index contributed by atoms with van der Waals surface area (Å²) in [6.07, 6.45) is -0.674. The van der Waals surface area contributed by atoms with Gasteiger partial charge in [0.15, 0.2) is 6.29 Å². The maximum Gasteiger partial charge on any atom is 0.295 e. The smallest absolute Gasteiger partial charge is 0.295 e. The first-order valence-corrected chi connectivity index (χ1v) is 8.89. The molecule has 1 aromatic carbocycles. The van der Waals surface area contributed by atoms with E-state index in [-0.39, 0.29) is 17.9 Å². The minimum absolute atomic E-state index is 0.0751. The third-order valence-electron chi connectivity index (χ3n) is 4.27. The summed E-state index contributed by atoms with van der Waals surface area (Å²) in [7, 11) is 2.93. The van der Waals surface area contributed by atoms with Crippen molar-refractivity contribution in [3.05, 3.63) is 63.9 Å². The molecule has 6 nitrogen and oxygen atoms in total. The van der Waals surface area contributed by atoms with Gasteiger partial charge in [-0.05, 0) is 11.4 Å². The van der Waals surface area contributed by atoms with Crippen LogP contribution in [0.1, 0.15) is 16.5 Å². The summed E-state index contributed by atoms with van der Waals surface area (Å²) in [5.74, 6) is -1.58. The van der Waals surface area contributed by atoms with Gasteiger partial charge in [-0.25, -0.2) is 0 Å². The standard InChI is InChI=1S/C19H19NO5S/c1-24-14(25-2)11-20-16(13-9-6-10-26-13)15(18(22)19(20)23)17(21)12-7-4-3-5-8-12/h3-10,14,16,21H,11H2,1-2H3. The van der Waals surface area contributed by atoms with E-state index in [1.54, 1.807) is 24.3 Å². The quantitative estimate of drug-likeness (QED) is 0.365. The van der Waals surface area contributed by atoms with Crippen LogP contribution in [0.4, 0.5) is 0 Å². The Balaban J connectivity index is 2.11. The fourth-order valence-electron chi connectivity index (χ4n) is 2.97. The lowest BCUT2D eigenvalue weighted by Crippen LogP contribution is -2.37. The summed E-state index contributed by atoms with van der Waals surface area (Å²) in [6, 6.07) is 11.7. The monoisotopic (exact) mass is 373 g/mol. The molecule has 0 spiro atoms. The molecule has 0 radical (unpaired) electrons. The average Bonchev–Trinajstić information content (AvgIpc) is 3.28. The molecule has 1 atom stereocenters. The second kappa shape index (κ2) is 7.82. The minimum Gasteiger partial charge on any atom is -0.507 e. The topological polar surface area (TPSA) is 76.1 Å². The van der Waals surface area contributed by atoms with Crippen molar-refractivity contribution in [2.75, 3.05) is 20.8 Å². The fraction of sp³-hybridized carbons (Fsp3) is 0.263. The Labute approximate surface area is 155 Å². The van der Waals surface area contributed by atoms with Crippen molar-refractivity contribution in [3.8, 4) is 0 Å². The Morgan fingerprint density at radius 3 is 2.42 bits per heavy atom. The molecule has 2 heterocycles. The number of benzene rings is 1. The van der Waals surface area contributed by atoms with Crippen molar-refractivity contribution >= 4 is 28.8 Å². The van der Waals surface area contributed by atoms with E-state index < -0.39 is 24.0 Å². The normalized spacial score (nSPS) is 19.5. The van der Waals surface area contributed by atoms with E-state index in [4.69, 9.17) is 9.47 Å². The van der Waals surface area contributed by atoms with Crippen molar-refractivity contribution < 1.29 is 24.2 Å². The van der Waals surface area contributed by atoms with Gasteiger partial charge in [-0.3, -0.25) is 9.59 Å². The van der Waals surface area contributed by atoms with Gasteiger partial charge in [-0.15, -0.1) is 11.3 Å². The molecule has 1 unspecified atom stereocenters. The van der Waals surface area contributed by atoms with Crippen molar-refractivity contribution in [2.45, 2.75) is 12.3 Å². The molecule has 1 N–H and O–H groups in total. The third kappa shape index (κ3) is 3.29. The van der Waals surface area contributed by atoms with E-state index >= 15 is 0 Å². The van der Waals surface area contributed by atoms with Crippen LogP contribution in [0.5, 0.6) is 0 Å². The van der Waals surface area contributed by atoms with E-state index in [0.29, 0.717) is 5.56 Å². The van der Waals surface area contributed by atoms with Gasteiger partial charge in [0.1, 0.15) is 5.76 Å². The number of likely N-dealkylation sites (tertiary alicyclic amines) is 1. The van der Waals surface area contributed by atoms with Crippen LogP contribution in [-0.4, -0.2) is 48.8 Å². The molecular formula is C19H19NO5S. The number of ether oxygens (including phenoxy) is 2. The molecular weight excluding hydrogens is 354 g/mol. The summed E-state index contributed by atoms with van der Waals surface area (Å²) in [5.41, 5.74) is 0.566. The van der Waals surface area contributed by atoms with Gasteiger partial charge < -0.3 is 19.5 Å². The Kier molecular flexibility index (Phi) is 5.51. The van der Waals surface area contributed by atoms with Crippen LogP contribution in [0.15, 0.2) is 53.4 Å². The summed E-state index contributed by atoms with van der Waals surface area (Å²) in [4.78, 5) is 27.5. The molecule has 1 fully saturated rings. The fourth-order valence-corrected chi connectivity index (χ4v) is 3.81. The van der Waals surface area contributed by atoms with E-state index in [1.165, 1.54) is 30.5 Å². The van der Waals surface area contributed by atoms with Crippen LogP contribution < -0.4 is 0 Å². The highest BCUT2D eigenvalue weighted by Crippen LogP contribution is 2.41. The first-order chi connectivity index (χ1) is 12.6. The van der Waals surface area contributed by atoms with Gasteiger partial charge in [0.2, 0.25) is 0 Å². The third-order valence-corrected chi connectivity index (χ3v) is 5.20. The molecule has 7 heteroatoms. The van der Waals surface area contributed by atoms with Gasteiger partial charge in [-0.2, -0.15) is 0 Å². The van der Waals surface area contributed by atoms with Gasteiger partial charge >= 0.3 is 0 Å².